The molecule has 0 atom stereocenters. The van der Waals surface area contributed by atoms with Crippen molar-refractivity contribution in [1.82, 2.24) is 9.55 Å². The van der Waals surface area contributed by atoms with Gasteiger partial charge in [-0.05, 0) is 53.2 Å². The summed E-state index contributed by atoms with van der Waals surface area (Å²) in [6.07, 6.45) is 1.52. The lowest BCUT2D eigenvalue weighted by Crippen LogP contribution is -2.10. The summed E-state index contributed by atoms with van der Waals surface area (Å²) in [6.45, 7) is 3.87. The van der Waals surface area contributed by atoms with Gasteiger partial charge in [0.15, 0.2) is 0 Å². The SMILES string of the molecule is [2H]c1c([2H])c([2H])c2c(c1[2H])c1ccc(OC)cc1n2-c1cc(C([2H])([2H])[2H])c(-c2ccc(C(C)(C)C)cc2)cn1. The van der Waals surface area contributed by atoms with Gasteiger partial charge in [-0.25, -0.2) is 4.98 Å². The summed E-state index contributed by atoms with van der Waals surface area (Å²) in [6, 6.07) is 13.3. The molecule has 0 saturated carbocycles. The van der Waals surface area contributed by atoms with Crippen LogP contribution in [0.2, 0.25) is 0 Å². The number of benzene rings is 3. The third-order valence-electron chi connectivity index (χ3n) is 5.79. The number of hydrogen-bond acceptors (Lipinski definition) is 2. The van der Waals surface area contributed by atoms with Crippen molar-refractivity contribution in [2.45, 2.75) is 33.0 Å². The maximum Gasteiger partial charge on any atom is 0.137 e. The molecule has 0 amide bonds. The zero-order valence-corrected chi connectivity index (χ0v) is 18.5. The number of aromatic nitrogens is 2. The van der Waals surface area contributed by atoms with E-state index >= 15 is 0 Å². The molecule has 2 aromatic heterocycles. The Bertz CT molecular complexity index is 1750. The average molecular weight is 428 g/mol. The Morgan fingerprint density at radius 1 is 0.938 bits per heavy atom. The van der Waals surface area contributed by atoms with Crippen LogP contribution in [0.25, 0.3) is 38.8 Å². The lowest BCUT2D eigenvalue weighted by molar-refractivity contribution is 0.415. The monoisotopic (exact) mass is 427 g/mol. The second-order valence-corrected chi connectivity index (χ2v) is 8.86. The lowest BCUT2D eigenvalue weighted by Gasteiger charge is -2.19. The number of aryl methyl sites for hydroxylation is 1. The molecular formula is C29H28N2O. The first-order valence-corrected chi connectivity index (χ1v) is 10.4. The van der Waals surface area contributed by atoms with Crippen molar-refractivity contribution >= 4 is 21.8 Å². The Morgan fingerprint density at radius 2 is 1.72 bits per heavy atom. The van der Waals surface area contributed by atoms with Gasteiger partial charge in [-0.15, -0.1) is 0 Å². The molecule has 5 rings (SSSR count). The Hall–Kier alpha value is -3.59. The van der Waals surface area contributed by atoms with E-state index in [9.17, 15) is 0 Å². The highest BCUT2D eigenvalue weighted by Gasteiger charge is 2.16. The molecule has 0 spiro atoms. The van der Waals surface area contributed by atoms with Crippen molar-refractivity contribution in [2.75, 3.05) is 7.11 Å². The molecule has 0 aliphatic carbocycles. The number of hydrogen-bond donors (Lipinski definition) is 0. The average Bonchev–Trinajstić information content (AvgIpc) is 3.24. The molecule has 160 valence electrons. The molecule has 0 fully saturated rings. The Labute approximate surface area is 199 Å². The molecule has 0 bridgehead atoms. The van der Waals surface area contributed by atoms with Gasteiger partial charge in [-0.2, -0.15) is 0 Å². The summed E-state index contributed by atoms with van der Waals surface area (Å²) < 4.78 is 65.7. The minimum Gasteiger partial charge on any atom is -0.497 e. The van der Waals surface area contributed by atoms with Crippen LogP contribution >= 0.6 is 0 Å². The quantitative estimate of drug-likeness (QED) is 0.299. The van der Waals surface area contributed by atoms with Crippen molar-refractivity contribution < 1.29 is 14.3 Å². The highest BCUT2D eigenvalue weighted by molar-refractivity contribution is 6.09. The smallest absolute Gasteiger partial charge is 0.137 e. The standard InChI is InChI=1S/C29H28N2O/c1-19-16-28(30-18-25(19)20-10-12-21(13-11-20)29(2,3)4)31-26-9-7-6-8-23(26)24-15-14-22(32-5)17-27(24)31/h6-18H,1-5H3/i1D3,6D,7D,8D,9D. The number of nitrogens with zero attached hydrogens (tertiary/aromatic N) is 2. The van der Waals surface area contributed by atoms with Crippen LogP contribution in [0, 0.1) is 6.85 Å². The van der Waals surface area contributed by atoms with Crippen LogP contribution in [-0.4, -0.2) is 16.7 Å². The van der Waals surface area contributed by atoms with Crippen molar-refractivity contribution in [1.29, 1.82) is 0 Å². The molecule has 0 aliphatic heterocycles. The van der Waals surface area contributed by atoms with Gasteiger partial charge in [-0.3, -0.25) is 4.57 Å². The van der Waals surface area contributed by atoms with E-state index < -0.39 is 6.85 Å². The molecular weight excluding hydrogens is 392 g/mol. The molecule has 5 aromatic rings. The van der Waals surface area contributed by atoms with Gasteiger partial charge in [0.05, 0.1) is 23.6 Å². The number of rotatable bonds is 3. The normalized spacial score (nSPS) is 15.4. The molecule has 0 unspecified atom stereocenters. The van der Waals surface area contributed by atoms with E-state index in [1.165, 1.54) is 19.4 Å². The van der Waals surface area contributed by atoms with Crippen molar-refractivity contribution in [3.63, 3.8) is 0 Å². The van der Waals surface area contributed by atoms with Crippen LogP contribution in [0.4, 0.5) is 0 Å². The van der Waals surface area contributed by atoms with Gasteiger partial charge in [0.1, 0.15) is 11.6 Å². The molecule has 0 N–H and O–H groups in total. The number of para-hydroxylation sites is 1. The van der Waals surface area contributed by atoms with Crippen LogP contribution in [0.3, 0.4) is 0 Å². The van der Waals surface area contributed by atoms with Crippen LogP contribution in [-0.2, 0) is 5.41 Å². The third kappa shape index (κ3) is 3.34. The van der Waals surface area contributed by atoms with Gasteiger partial charge < -0.3 is 4.74 Å². The molecule has 0 saturated heterocycles. The Morgan fingerprint density at radius 3 is 2.44 bits per heavy atom. The largest absolute Gasteiger partial charge is 0.497 e. The van der Waals surface area contributed by atoms with E-state index in [0.29, 0.717) is 27.6 Å². The fraction of sp³-hybridized carbons (Fsp3) is 0.207. The first-order chi connectivity index (χ1) is 18.2. The lowest BCUT2D eigenvalue weighted by atomic mass is 9.86. The first kappa shape index (κ1) is 13.7. The third-order valence-corrected chi connectivity index (χ3v) is 5.79. The molecule has 3 aromatic carbocycles. The zero-order valence-electron chi connectivity index (χ0n) is 25.5. The van der Waals surface area contributed by atoms with E-state index in [2.05, 4.69) is 25.8 Å². The van der Waals surface area contributed by atoms with Gasteiger partial charge in [0.2, 0.25) is 0 Å². The summed E-state index contributed by atoms with van der Waals surface area (Å²) in [7, 11) is 1.52. The van der Waals surface area contributed by atoms with Crippen LogP contribution in [0.15, 0.2) is 78.9 Å². The van der Waals surface area contributed by atoms with E-state index in [0.717, 1.165) is 11.1 Å². The Kier molecular flexibility index (Phi) is 3.23. The van der Waals surface area contributed by atoms with E-state index in [1.54, 1.807) is 22.8 Å². The fourth-order valence-electron chi connectivity index (χ4n) is 4.01. The first-order valence-electron chi connectivity index (χ1n) is 13.9. The number of fused-ring (bicyclic) bond motifs is 3. The van der Waals surface area contributed by atoms with Crippen molar-refractivity contribution in [3.05, 3.63) is 90.0 Å². The maximum atomic E-state index is 8.69. The molecule has 0 aliphatic rings. The van der Waals surface area contributed by atoms with Gasteiger partial charge in [0, 0.05) is 32.7 Å². The summed E-state index contributed by atoms with van der Waals surface area (Å²) in [5.41, 5.74) is 3.11. The Balaban J connectivity index is 1.84. The van der Waals surface area contributed by atoms with E-state index in [-0.39, 0.29) is 46.5 Å². The molecule has 2 heterocycles. The summed E-state index contributed by atoms with van der Waals surface area (Å²) in [4.78, 5) is 4.64. The topological polar surface area (TPSA) is 27.1 Å². The summed E-state index contributed by atoms with van der Waals surface area (Å²) in [5.74, 6) is 0.753. The highest BCUT2D eigenvalue weighted by Crippen LogP contribution is 2.35. The van der Waals surface area contributed by atoms with Crippen molar-refractivity contribution in [2.24, 2.45) is 0 Å². The predicted molar refractivity (Wildman–Crippen MR) is 134 cm³/mol. The molecule has 3 heteroatoms. The predicted octanol–water partition coefficient (Wildman–Crippen LogP) is 7.46. The minimum atomic E-state index is -2.47. The van der Waals surface area contributed by atoms with E-state index in [1.807, 2.05) is 24.3 Å². The van der Waals surface area contributed by atoms with E-state index in [4.69, 9.17) is 14.3 Å². The number of ether oxygens (including phenoxy) is 1. The zero-order chi connectivity index (χ0) is 28.4. The molecule has 32 heavy (non-hydrogen) atoms. The minimum absolute atomic E-state index is 0.0502. The van der Waals surface area contributed by atoms with Gasteiger partial charge >= 0.3 is 0 Å². The number of pyridine rings is 1. The fourth-order valence-corrected chi connectivity index (χ4v) is 4.01. The molecule has 3 nitrogen and oxygen atoms in total. The van der Waals surface area contributed by atoms with Gasteiger partial charge in [-0.1, -0.05) is 63.2 Å². The summed E-state index contributed by atoms with van der Waals surface area (Å²) >= 11 is 0. The second-order valence-electron chi connectivity index (χ2n) is 8.86. The maximum absolute atomic E-state index is 8.69. The second kappa shape index (κ2) is 7.52. The van der Waals surface area contributed by atoms with Crippen LogP contribution < -0.4 is 4.74 Å². The van der Waals surface area contributed by atoms with Gasteiger partial charge in [0.25, 0.3) is 0 Å². The number of methoxy groups -OCH3 is 1. The highest BCUT2D eigenvalue weighted by atomic mass is 16.5. The molecule has 0 radical (unpaired) electrons. The van der Waals surface area contributed by atoms with Crippen LogP contribution in [0.5, 0.6) is 5.75 Å². The summed E-state index contributed by atoms with van der Waals surface area (Å²) in [5, 5.41) is 0.912. The van der Waals surface area contributed by atoms with Crippen molar-refractivity contribution in [3.8, 4) is 22.7 Å². The van der Waals surface area contributed by atoms with Crippen LogP contribution in [0.1, 0.15) is 41.5 Å².